The van der Waals surface area contributed by atoms with E-state index in [-0.39, 0.29) is 18.6 Å². The van der Waals surface area contributed by atoms with Crippen molar-refractivity contribution in [3.05, 3.63) is 70.6 Å². The lowest BCUT2D eigenvalue weighted by atomic mass is 10.2. The number of anilines is 1. The highest BCUT2D eigenvalue weighted by atomic mass is 16.2. The van der Waals surface area contributed by atoms with Gasteiger partial charge in [-0.05, 0) is 25.1 Å². The minimum Gasteiger partial charge on any atom is -0.376 e. The Hall–Kier alpha value is -3.68. The standard InChI is InChI=1S/C19H19N5O3/c1-13-6-8-15(9-7-13)20-11-17(25)22-23-18(26)12-24-19(27)16-5-3-2-4-14(16)10-21-24/h2-10,20H,11-12H2,1H3,(H,22,25)(H,23,26). The number of hydrazine groups is 1. The minimum absolute atomic E-state index is 0.00247. The third-order valence-corrected chi connectivity index (χ3v) is 3.90. The average molecular weight is 365 g/mol. The van der Waals surface area contributed by atoms with E-state index in [0.29, 0.717) is 10.8 Å². The van der Waals surface area contributed by atoms with Gasteiger partial charge in [0.25, 0.3) is 17.4 Å². The predicted octanol–water partition coefficient (Wildman–Crippen LogP) is 0.964. The Labute approximate surface area is 155 Å². The van der Waals surface area contributed by atoms with Crippen LogP contribution in [0.3, 0.4) is 0 Å². The third kappa shape index (κ3) is 4.69. The number of nitrogens with zero attached hydrogens (tertiary/aromatic N) is 2. The van der Waals surface area contributed by atoms with E-state index in [0.717, 1.165) is 15.9 Å². The van der Waals surface area contributed by atoms with Crippen molar-refractivity contribution in [3.63, 3.8) is 0 Å². The second-order valence-corrected chi connectivity index (χ2v) is 6.01. The summed E-state index contributed by atoms with van der Waals surface area (Å²) < 4.78 is 1.05. The molecular formula is C19H19N5O3. The molecule has 0 aliphatic rings. The zero-order chi connectivity index (χ0) is 19.2. The lowest BCUT2D eigenvalue weighted by Gasteiger charge is -2.10. The van der Waals surface area contributed by atoms with E-state index < -0.39 is 11.8 Å². The number of carbonyl (C=O) groups is 2. The molecular weight excluding hydrogens is 346 g/mol. The Bertz CT molecular complexity index is 1030. The fourth-order valence-electron chi connectivity index (χ4n) is 2.45. The number of aryl methyl sites for hydroxylation is 1. The highest BCUT2D eigenvalue weighted by molar-refractivity contribution is 5.85. The van der Waals surface area contributed by atoms with Gasteiger partial charge in [-0.1, -0.05) is 35.9 Å². The summed E-state index contributed by atoms with van der Waals surface area (Å²) in [6.07, 6.45) is 1.52. The van der Waals surface area contributed by atoms with Crippen molar-refractivity contribution in [2.45, 2.75) is 13.5 Å². The van der Waals surface area contributed by atoms with Gasteiger partial charge in [-0.3, -0.25) is 25.2 Å². The van der Waals surface area contributed by atoms with E-state index in [4.69, 9.17) is 0 Å². The monoisotopic (exact) mass is 365 g/mol. The molecule has 1 heterocycles. The third-order valence-electron chi connectivity index (χ3n) is 3.90. The van der Waals surface area contributed by atoms with E-state index in [1.165, 1.54) is 6.20 Å². The van der Waals surface area contributed by atoms with Crippen LogP contribution in [-0.2, 0) is 16.1 Å². The summed E-state index contributed by atoms with van der Waals surface area (Å²) in [6, 6.07) is 14.6. The summed E-state index contributed by atoms with van der Waals surface area (Å²) >= 11 is 0. The van der Waals surface area contributed by atoms with Gasteiger partial charge < -0.3 is 5.32 Å². The first-order valence-electron chi connectivity index (χ1n) is 8.36. The van der Waals surface area contributed by atoms with Gasteiger partial charge in [0.15, 0.2) is 0 Å². The molecule has 0 spiro atoms. The van der Waals surface area contributed by atoms with Gasteiger partial charge in [0.1, 0.15) is 6.54 Å². The highest BCUT2D eigenvalue weighted by Gasteiger charge is 2.09. The van der Waals surface area contributed by atoms with Crippen molar-refractivity contribution in [1.29, 1.82) is 0 Å². The van der Waals surface area contributed by atoms with Gasteiger partial charge in [-0.25, -0.2) is 4.68 Å². The van der Waals surface area contributed by atoms with Crippen LogP contribution in [0.2, 0.25) is 0 Å². The van der Waals surface area contributed by atoms with Crippen LogP contribution in [0.15, 0.2) is 59.5 Å². The van der Waals surface area contributed by atoms with Crippen LogP contribution >= 0.6 is 0 Å². The molecule has 0 aliphatic carbocycles. The Morgan fingerprint density at radius 3 is 2.48 bits per heavy atom. The molecule has 0 saturated carbocycles. The molecule has 0 bridgehead atoms. The zero-order valence-corrected chi connectivity index (χ0v) is 14.7. The average Bonchev–Trinajstić information content (AvgIpc) is 2.68. The summed E-state index contributed by atoms with van der Waals surface area (Å²) in [5.41, 5.74) is 6.13. The lowest BCUT2D eigenvalue weighted by molar-refractivity contribution is -0.128. The number of hydrogen-bond acceptors (Lipinski definition) is 5. The topological polar surface area (TPSA) is 105 Å². The smallest absolute Gasteiger partial charge is 0.275 e. The molecule has 8 nitrogen and oxygen atoms in total. The van der Waals surface area contributed by atoms with Crippen molar-refractivity contribution in [3.8, 4) is 0 Å². The van der Waals surface area contributed by atoms with Gasteiger partial charge >= 0.3 is 0 Å². The molecule has 2 amide bonds. The molecule has 0 fully saturated rings. The number of benzene rings is 2. The molecule has 0 aliphatic heterocycles. The minimum atomic E-state index is -0.552. The van der Waals surface area contributed by atoms with Gasteiger partial charge in [-0.2, -0.15) is 5.10 Å². The molecule has 3 N–H and O–H groups in total. The van der Waals surface area contributed by atoms with Gasteiger partial charge in [0.05, 0.1) is 18.1 Å². The lowest BCUT2D eigenvalue weighted by Crippen LogP contribution is -2.46. The molecule has 3 rings (SSSR count). The van der Waals surface area contributed by atoms with Crippen LogP contribution < -0.4 is 21.7 Å². The number of hydrogen-bond donors (Lipinski definition) is 3. The Morgan fingerprint density at radius 2 is 1.70 bits per heavy atom. The quantitative estimate of drug-likeness (QED) is 0.584. The van der Waals surface area contributed by atoms with Gasteiger partial charge in [0, 0.05) is 11.1 Å². The second kappa shape index (κ2) is 8.13. The number of aromatic nitrogens is 2. The van der Waals surface area contributed by atoms with E-state index in [9.17, 15) is 14.4 Å². The maximum atomic E-state index is 12.3. The summed E-state index contributed by atoms with van der Waals surface area (Å²) in [6.45, 7) is 1.68. The summed E-state index contributed by atoms with van der Waals surface area (Å²) in [7, 11) is 0. The molecule has 8 heteroatoms. The van der Waals surface area contributed by atoms with Gasteiger partial charge in [0.2, 0.25) is 0 Å². The van der Waals surface area contributed by atoms with E-state index in [1.807, 2.05) is 31.2 Å². The number of rotatable bonds is 5. The second-order valence-electron chi connectivity index (χ2n) is 6.01. The molecule has 2 aromatic carbocycles. The van der Waals surface area contributed by atoms with E-state index in [1.54, 1.807) is 24.3 Å². The molecule has 138 valence electrons. The van der Waals surface area contributed by atoms with Crippen molar-refractivity contribution in [2.24, 2.45) is 0 Å². The predicted molar refractivity (Wildman–Crippen MR) is 102 cm³/mol. The number of amides is 2. The van der Waals surface area contributed by atoms with Crippen molar-refractivity contribution in [2.75, 3.05) is 11.9 Å². The Morgan fingerprint density at radius 1 is 1.00 bits per heavy atom. The first-order valence-corrected chi connectivity index (χ1v) is 8.36. The van der Waals surface area contributed by atoms with Crippen LogP contribution in [-0.4, -0.2) is 28.1 Å². The van der Waals surface area contributed by atoms with Crippen LogP contribution in [0, 0.1) is 6.92 Å². The molecule has 1 aromatic heterocycles. The molecule has 0 atom stereocenters. The first-order chi connectivity index (χ1) is 13.0. The van der Waals surface area contributed by atoms with Crippen molar-refractivity contribution < 1.29 is 9.59 Å². The summed E-state index contributed by atoms with van der Waals surface area (Å²) in [5.74, 6) is -0.966. The Balaban J connectivity index is 1.51. The maximum Gasteiger partial charge on any atom is 0.275 e. The fourth-order valence-corrected chi connectivity index (χ4v) is 2.45. The van der Waals surface area contributed by atoms with Crippen LogP contribution in [0.4, 0.5) is 5.69 Å². The zero-order valence-electron chi connectivity index (χ0n) is 14.7. The Kier molecular flexibility index (Phi) is 5.46. The highest BCUT2D eigenvalue weighted by Crippen LogP contribution is 2.08. The van der Waals surface area contributed by atoms with Crippen LogP contribution in [0.5, 0.6) is 0 Å². The maximum absolute atomic E-state index is 12.3. The van der Waals surface area contributed by atoms with Crippen LogP contribution in [0.25, 0.3) is 10.8 Å². The molecule has 3 aromatic rings. The molecule has 0 unspecified atom stereocenters. The molecule has 27 heavy (non-hydrogen) atoms. The molecule has 0 saturated heterocycles. The fraction of sp³-hybridized carbons (Fsp3) is 0.158. The summed E-state index contributed by atoms with van der Waals surface area (Å²) in [5, 5.41) is 8.10. The van der Waals surface area contributed by atoms with Crippen molar-refractivity contribution in [1.82, 2.24) is 20.6 Å². The number of fused-ring (bicyclic) bond motifs is 1. The van der Waals surface area contributed by atoms with Gasteiger partial charge in [-0.15, -0.1) is 0 Å². The SMILES string of the molecule is Cc1ccc(NCC(=O)NNC(=O)Cn2ncc3ccccc3c2=O)cc1. The van der Waals surface area contributed by atoms with Crippen molar-refractivity contribution >= 4 is 28.3 Å². The summed E-state index contributed by atoms with van der Waals surface area (Å²) in [4.78, 5) is 36.1. The van der Waals surface area contributed by atoms with E-state index in [2.05, 4.69) is 21.3 Å². The first kappa shape index (κ1) is 18.1. The van der Waals surface area contributed by atoms with E-state index >= 15 is 0 Å². The molecule has 0 radical (unpaired) electrons. The largest absolute Gasteiger partial charge is 0.376 e. The number of nitrogens with one attached hydrogen (secondary N) is 3. The normalized spacial score (nSPS) is 10.4. The van der Waals surface area contributed by atoms with Crippen LogP contribution in [0.1, 0.15) is 5.56 Å². The number of carbonyl (C=O) groups excluding carboxylic acids is 2.